The van der Waals surface area contributed by atoms with Crippen LogP contribution >= 0.6 is 0 Å². The van der Waals surface area contributed by atoms with Crippen molar-refractivity contribution in [1.82, 2.24) is 4.90 Å². The lowest BCUT2D eigenvalue weighted by molar-refractivity contribution is -0.231. The monoisotopic (exact) mass is 403 g/mol. The molecule has 0 aromatic heterocycles. The summed E-state index contributed by atoms with van der Waals surface area (Å²) in [6.45, 7) is 2.61. The van der Waals surface area contributed by atoms with Crippen LogP contribution in [0.15, 0.2) is 36.4 Å². The Morgan fingerprint density at radius 3 is 2.60 bits per heavy atom. The summed E-state index contributed by atoms with van der Waals surface area (Å²) in [5.41, 5.74) is 3.87. The zero-order chi connectivity index (χ0) is 20.6. The highest BCUT2D eigenvalue weighted by Crippen LogP contribution is 2.40. The number of likely N-dealkylation sites (tertiary alicyclic amines) is 1. The van der Waals surface area contributed by atoms with Crippen molar-refractivity contribution in [1.29, 1.82) is 5.26 Å². The summed E-state index contributed by atoms with van der Waals surface area (Å²) in [7, 11) is 0. The fourth-order valence-corrected chi connectivity index (χ4v) is 4.64. The van der Waals surface area contributed by atoms with Gasteiger partial charge in [-0.15, -0.1) is 0 Å². The average Bonchev–Trinajstić information content (AvgIpc) is 2.74. The molecule has 3 aliphatic rings. The second-order valence-corrected chi connectivity index (χ2v) is 8.38. The Hall–Kier alpha value is -2.88. The molecule has 1 amide bonds. The summed E-state index contributed by atoms with van der Waals surface area (Å²) in [6, 6.07) is 14.4. The molecule has 2 fully saturated rings. The van der Waals surface area contributed by atoms with Crippen LogP contribution in [0, 0.1) is 11.3 Å². The maximum absolute atomic E-state index is 10.7. The summed E-state index contributed by atoms with van der Waals surface area (Å²) in [6.07, 6.45) is 6.42. The lowest BCUT2D eigenvalue weighted by atomic mass is 9.89. The number of piperidine rings is 1. The van der Waals surface area contributed by atoms with Crippen molar-refractivity contribution in [2.24, 2.45) is 0 Å². The summed E-state index contributed by atoms with van der Waals surface area (Å²) in [4.78, 5) is 13.3. The van der Waals surface area contributed by atoms with Gasteiger partial charge in [0.1, 0.15) is 11.8 Å². The Kier molecular flexibility index (Phi) is 4.93. The van der Waals surface area contributed by atoms with E-state index < -0.39 is 5.79 Å². The highest BCUT2D eigenvalue weighted by atomic mass is 16.7. The van der Waals surface area contributed by atoms with Crippen molar-refractivity contribution in [2.45, 2.75) is 50.5 Å². The van der Waals surface area contributed by atoms with E-state index in [4.69, 9.17) is 9.47 Å². The lowest BCUT2D eigenvalue weighted by Gasteiger charge is -2.47. The van der Waals surface area contributed by atoms with E-state index in [-0.39, 0.29) is 0 Å². The third-order valence-electron chi connectivity index (χ3n) is 6.69. The zero-order valence-electron chi connectivity index (χ0n) is 16.9. The molecule has 0 radical (unpaired) electrons. The van der Waals surface area contributed by atoms with E-state index >= 15 is 0 Å². The van der Waals surface area contributed by atoms with Gasteiger partial charge in [0, 0.05) is 37.5 Å². The van der Waals surface area contributed by atoms with E-state index in [2.05, 4.69) is 22.4 Å². The normalized spacial score (nSPS) is 20.5. The standard InChI is InChI=1S/C24H25N3O3/c25-14-19-12-17(4-6-22(19)26-16-28)18-5-7-23-20(13-18)15-29-24(30-23)8-10-27(11-9-24)21-2-1-3-21/h4-7,12-13,16,21H,1-3,8-11,15H2,(H,26,28). The molecule has 1 aliphatic carbocycles. The minimum atomic E-state index is -0.495. The maximum atomic E-state index is 10.7. The molecule has 6 heteroatoms. The molecule has 1 spiro atoms. The van der Waals surface area contributed by atoms with Gasteiger partial charge in [0.25, 0.3) is 0 Å². The number of carbonyl (C=O) groups is 1. The van der Waals surface area contributed by atoms with Gasteiger partial charge in [-0.05, 0) is 48.2 Å². The maximum Gasteiger partial charge on any atom is 0.213 e. The summed E-state index contributed by atoms with van der Waals surface area (Å²) in [5, 5.41) is 11.9. The Balaban J connectivity index is 1.33. The number of anilines is 1. The minimum absolute atomic E-state index is 0.432. The molecule has 1 saturated heterocycles. The summed E-state index contributed by atoms with van der Waals surface area (Å²) in [5.74, 6) is 0.395. The molecule has 0 bridgehead atoms. The minimum Gasteiger partial charge on any atom is -0.462 e. The number of nitriles is 1. The Bertz CT molecular complexity index is 1000. The smallest absolute Gasteiger partial charge is 0.213 e. The molecule has 2 aromatic carbocycles. The Morgan fingerprint density at radius 1 is 1.13 bits per heavy atom. The molecule has 6 nitrogen and oxygen atoms in total. The van der Waals surface area contributed by atoms with Crippen molar-refractivity contribution in [3.05, 3.63) is 47.5 Å². The number of benzene rings is 2. The first kappa shape index (κ1) is 19.1. The highest BCUT2D eigenvalue weighted by Gasteiger charge is 2.42. The molecule has 1 N–H and O–H groups in total. The second-order valence-electron chi connectivity index (χ2n) is 8.38. The number of fused-ring (bicyclic) bond motifs is 1. The van der Waals surface area contributed by atoms with Crippen LogP contribution in [-0.4, -0.2) is 36.2 Å². The van der Waals surface area contributed by atoms with Gasteiger partial charge in [-0.2, -0.15) is 5.26 Å². The van der Waals surface area contributed by atoms with Gasteiger partial charge < -0.3 is 14.8 Å². The third-order valence-corrected chi connectivity index (χ3v) is 6.69. The van der Waals surface area contributed by atoms with Crippen LogP contribution in [0.2, 0.25) is 0 Å². The lowest BCUT2D eigenvalue weighted by Crippen LogP contribution is -2.54. The van der Waals surface area contributed by atoms with Gasteiger partial charge >= 0.3 is 0 Å². The average molecular weight is 403 g/mol. The van der Waals surface area contributed by atoms with Crippen LogP contribution in [0.5, 0.6) is 5.75 Å². The van der Waals surface area contributed by atoms with Crippen molar-refractivity contribution >= 4 is 12.1 Å². The molecule has 2 aromatic rings. The SMILES string of the molecule is N#Cc1cc(-c2ccc3c(c2)COC2(CCN(C4CCC4)CC2)O3)ccc1NC=O. The molecule has 1 saturated carbocycles. The molecular weight excluding hydrogens is 378 g/mol. The molecule has 5 rings (SSSR count). The molecule has 0 atom stereocenters. The van der Waals surface area contributed by atoms with E-state index in [0.29, 0.717) is 24.3 Å². The highest BCUT2D eigenvalue weighted by molar-refractivity contribution is 5.79. The van der Waals surface area contributed by atoms with Gasteiger partial charge in [-0.3, -0.25) is 9.69 Å². The van der Waals surface area contributed by atoms with Gasteiger partial charge in [0.05, 0.1) is 17.9 Å². The largest absolute Gasteiger partial charge is 0.462 e. The summed E-state index contributed by atoms with van der Waals surface area (Å²) < 4.78 is 12.6. The van der Waals surface area contributed by atoms with Gasteiger partial charge in [-0.1, -0.05) is 18.6 Å². The number of ether oxygens (including phenoxy) is 2. The van der Waals surface area contributed by atoms with Crippen molar-refractivity contribution < 1.29 is 14.3 Å². The van der Waals surface area contributed by atoms with Crippen molar-refractivity contribution in [3.8, 4) is 22.9 Å². The van der Waals surface area contributed by atoms with Gasteiger partial charge in [0.15, 0.2) is 0 Å². The molecule has 2 heterocycles. The number of amides is 1. The van der Waals surface area contributed by atoms with Crippen LogP contribution in [0.4, 0.5) is 5.69 Å². The van der Waals surface area contributed by atoms with Gasteiger partial charge in [-0.25, -0.2) is 0 Å². The van der Waals surface area contributed by atoms with E-state index in [9.17, 15) is 10.1 Å². The predicted molar refractivity (Wildman–Crippen MR) is 113 cm³/mol. The first-order chi connectivity index (χ1) is 14.7. The number of rotatable bonds is 4. The van der Waals surface area contributed by atoms with Crippen LogP contribution in [0.25, 0.3) is 11.1 Å². The van der Waals surface area contributed by atoms with Crippen LogP contribution in [-0.2, 0) is 16.1 Å². The molecule has 2 aliphatic heterocycles. The third kappa shape index (κ3) is 3.45. The van der Waals surface area contributed by atoms with Crippen LogP contribution in [0.3, 0.4) is 0 Å². The molecule has 30 heavy (non-hydrogen) atoms. The Labute approximate surface area is 176 Å². The van der Waals surface area contributed by atoms with E-state index in [1.165, 1.54) is 19.3 Å². The fourth-order valence-electron chi connectivity index (χ4n) is 4.64. The first-order valence-electron chi connectivity index (χ1n) is 10.6. The number of hydrogen-bond donors (Lipinski definition) is 1. The zero-order valence-corrected chi connectivity index (χ0v) is 16.9. The molecular formula is C24H25N3O3. The van der Waals surface area contributed by atoms with Crippen molar-refractivity contribution in [2.75, 3.05) is 18.4 Å². The number of nitrogens with one attached hydrogen (secondary N) is 1. The van der Waals surface area contributed by atoms with Gasteiger partial charge in [0.2, 0.25) is 12.2 Å². The number of nitrogens with zero attached hydrogens (tertiary/aromatic N) is 2. The van der Waals surface area contributed by atoms with Crippen LogP contribution < -0.4 is 10.1 Å². The fraction of sp³-hybridized carbons (Fsp3) is 0.417. The first-order valence-corrected chi connectivity index (χ1v) is 10.6. The quantitative estimate of drug-likeness (QED) is 0.780. The molecule has 0 unspecified atom stereocenters. The topological polar surface area (TPSA) is 74.6 Å². The Morgan fingerprint density at radius 2 is 1.90 bits per heavy atom. The van der Waals surface area contributed by atoms with E-state index in [1.54, 1.807) is 12.1 Å². The van der Waals surface area contributed by atoms with E-state index in [0.717, 1.165) is 54.4 Å². The van der Waals surface area contributed by atoms with Crippen molar-refractivity contribution in [3.63, 3.8) is 0 Å². The second kappa shape index (κ2) is 7.75. The number of hydrogen-bond acceptors (Lipinski definition) is 5. The summed E-state index contributed by atoms with van der Waals surface area (Å²) >= 11 is 0. The predicted octanol–water partition coefficient (Wildman–Crippen LogP) is 4.05. The van der Waals surface area contributed by atoms with Crippen LogP contribution in [0.1, 0.15) is 43.2 Å². The molecule has 154 valence electrons. The number of carbonyl (C=O) groups excluding carboxylic acids is 1. The van der Waals surface area contributed by atoms with E-state index in [1.807, 2.05) is 18.2 Å².